The summed E-state index contributed by atoms with van der Waals surface area (Å²) >= 11 is 0. The molecule has 0 aliphatic rings. The van der Waals surface area contributed by atoms with E-state index in [1.54, 1.807) is 0 Å². The molecule has 0 saturated heterocycles. The summed E-state index contributed by atoms with van der Waals surface area (Å²) < 4.78 is 17.1. The summed E-state index contributed by atoms with van der Waals surface area (Å²) in [7, 11) is 2.82. The molecule has 17 heavy (non-hydrogen) atoms. The molecule has 0 unspecified atom stereocenters. The van der Waals surface area contributed by atoms with Crippen LogP contribution in [0, 0.1) is 5.82 Å². The van der Waals surface area contributed by atoms with Gasteiger partial charge < -0.3 is 9.64 Å². The van der Waals surface area contributed by atoms with Crippen LogP contribution in [0.25, 0.3) is 0 Å². The monoisotopic (exact) mass is 240 g/mol. The van der Waals surface area contributed by atoms with Gasteiger partial charge in [0.25, 0.3) is 5.91 Å². The van der Waals surface area contributed by atoms with Crippen LogP contribution in [0.4, 0.5) is 4.39 Å². The van der Waals surface area contributed by atoms with Crippen molar-refractivity contribution < 1.29 is 18.7 Å². The lowest BCUT2D eigenvalue weighted by Crippen LogP contribution is -2.29. The Morgan fingerprint density at radius 3 is 2.71 bits per heavy atom. The van der Waals surface area contributed by atoms with E-state index in [0.29, 0.717) is 0 Å². The van der Waals surface area contributed by atoms with Gasteiger partial charge in [0.1, 0.15) is 11.5 Å². The molecule has 5 nitrogen and oxygen atoms in total. The van der Waals surface area contributed by atoms with Crippen LogP contribution in [0.3, 0.4) is 0 Å². The van der Waals surface area contributed by atoms with Crippen molar-refractivity contribution in [1.29, 1.82) is 0 Å². The van der Waals surface area contributed by atoms with Crippen LogP contribution in [0.5, 0.6) is 0 Å². The standard InChI is InChI=1S/C11H13FN2O3/c1-14(6-5-10(15)17-2)11(16)9-4-3-8(12)7-13-9/h3-4,7H,5-6H2,1-2H3. The first kappa shape index (κ1) is 13.1. The summed E-state index contributed by atoms with van der Waals surface area (Å²) in [6.45, 7) is 0.227. The number of methoxy groups -OCH3 is 1. The maximum atomic E-state index is 12.6. The third-order valence-corrected chi connectivity index (χ3v) is 2.17. The number of halogens is 1. The number of rotatable bonds is 4. The van der Waals surface area contributed by atoms with Gasteiger partial charge in [-0.15, -0.1) is 0 Å². The van der Waals surface area contributed by atoms with Gasteiger partial charge in [0.15, 0.2) is 0 Å². The zero-order valence-electron chi connectivity index (χ0n) is 9.64. The van der Waals surface area contributed by atoms with E-state index in [4.69, 9.17) is 0 Å². The Kier molecular flexibility index (Phi) is 4.56. The molecule has 0 saturated carbocycles. The first-order valence-electron chi connectivity index (χ1n) is 4.98. The normalized spacial score (nSPS) is 9.82. The fourth-order valence-corrected chi connectivity index (χ4v) is 1.16. The molecular weight excluding hydrogens is 227 g/mol. The second-order valence-corrected chi connectivity index (χ2v) is 3.41. The van der Waals surface area contributed by atoms with Gasteiger partial charge in [-0.25, -0.2) is 9.37 Å². The fraction of sp³-hybridized carbons (Fsp3) is 0.364. The molecule has 1 rings (SSSR count). The molecule has 92 valence electrons. The Bertz CT molecular complexity index is 406. The Labute approximate surface area is 98.2 Å². The number of aromatic nitrogens is 1. The summed E-state index contributed by atoms with van der Waals surface area (Å²) in [4.78, 5) is 27.6. The number of esters is 1. The van der Waals surface area contributed by atoms with E-state index in [-0.39, 0.29) is 24.6 Å². The molecule has 1 aromatic rings. The highest BCUT2D eigenvalue weighted by atomic mass is 19.1. The quantitative estimate of drug-likeness (QED) is 0.732. The van der Waals surface area contributed by atoms with Crippen LogP contribution in [0.1, 0.15) is 16.9 Å². The number of amides is 1. The van der Waals surface area contributed by atoms with Crippen LogP contribution in [0.15, 0.2) is 18.3 Å². The largest absolute Gasteiger partial charge is 0.469 e. The van der Waals surface area contributed by atoms with E-state index in [1.165, 1.54) is 25.1 Å². The number of carbonyl (C=O) groups is 2. The highest BCUT2D eigenvalue weighted by Gasteiger charge is 2.14. The van der Waals surface area contributed by atoms with Crippen molar-refractivity contribution >= 4 is 11.9 Å². The third-order valence-electron chi connectivity index (χ3n) is 2.17. The van der Waals surface area contributed by atoms with E-state index >= 15 is 0 Å². The van der Waals surface area contributed by atoms with E-state index in [1.807, 2.05) is 0 Å². The Hall–Kier alpha value is -1.98. The number of nitrogens with zero attached hydrogens (tertiary/aromatic N) is 2. The van der Waals surface area contributed by atoms with Crippen molar-refractivity contribution in [1.82, 2.24) is 9.88 Å². The number of hydrogen-bond donors (Lipinski definition) is 0. The molecule has 0 N–H and O–H groups in total. The molecule has 0 atom stereocenters. The first-order valence-corrected chi connectivity index (χ1v) is 4.98. The molecule has 6 heteroatoms. The molecular formula is C11H13FN2O3. The molecule has 0 aliphatic heterocycles. The molecule has 0 radical (unpaired) electrons. The van der Waals surface area contributed by atoms with Crippen LogP contribution in [0.2, 0.25) is 0 Å². The summed E-state index contributed by atoms with van der Waals surface area (Å²) in [6, 6.07) is 2.46. The second-order valence-electron chi connectivity index (χ2n) is 3.41. The summed E-state index contributed by atoms with van der Waals surface area (Å²) in [5, 5.41) is 0. The number of hydrogen-bond acceptors (Lipinski definition) is 4. The molecule has 1 heterocycles. The smallest absolute Gasteiger partial charge is 0.307 e. The summed E-state index contributed by atoms with van der Waals surface area (Å²) in [5.74, 6) is -1.26. The maximum Gasteiger partial charge on any atom is 0.307 e. The van der Waals surface area contributed by atoms with Gasteiger partial charge >= 0.3 is 5.97 Å². The molecule has 0 aromatic carbocycles. The minimum atomic E-state index is -0.501. The number of ether oxygens (including phenoxy) is 1. The highest BCUT2D eigenvalue weighted by molar-refractivity contribution is 5.92. The summed E-state index contributed by atoms with van der Waals surface area (Å²) in [5.41, 5.74) is 0.138. The van der Waals surface area contributed by atoms with Gasteiger partial charge in [0.05, 0.1) is 19.7 Å². The average Bonchev–Trinajstić information content (AvgIpc) is 2.35. The second kappa shape index (κ2) is 5.93. The first-order chi connectivity index (χ1) is 8.04. The maximum absolute atomic E-state index is 12.6. The van der Waals surface area contributed by atoms with Gasteiger partial charge in [-0.05, 0) is 12.1 Å². The van der Waals surface area contributed by atoms with E-state index in [0.717, 1.165) is 12.3 Å². The molecule has 0 bridgehead atoms. The van der Waals surface area contributed by atoms with Gasteiger partial charge in [0, 0.05) is 13.6 Å². The fourth-order valence-electron chi connectivity index (χ4n) is 1.16. The van der Waals surface area contributed by atoms with Crippen molar-refractivity contribution in [3.63, 3.8) is 0 Å². The van der Waals surface area contributed by atoms with Gasteiger partial charge in [-0.1, -0.05) is 0 Å². The Morgan fingerprint density at radius 2 is 2.18 bits per heavy atom. The predicted molar refractivity (Wildman–Crippen MR) is 57.8 cm³/mol. The van der Waals surface area contributed by atoms with Crippen molar-refractivity contribution in [2.75, 3.05) is 20.7 Å². The zero-order valence-corrected chi connectivity index (χ0v) is 9.64. The van der Waals surface area contributed by atoms with Crippen molar-refractivity contribution in [2.45, 2.75) is 6.42 Å². The van der Waals surface area contributed by atoms with Crippen LogP contribution < -0.4 is 0 Å². The highest BCUT2D eigenvalue weighted by Crippen LogP contribution is 2.02. The molecule has 1 amide bonds. The SMILES string of the molecule is COC(=O)CCN(C)C(=O)c1ccc(F)cn1. The molecule has 0 spiro atoms. The van der Waals surface area contributed by atoms with Crippen LogP contribution >= 0.6 is 0 Å². The van der Waals surface area contributed by atoms with Crippen molar-refractivity contribution in [3.05, 3.63) is 29.8 Å². The predicted octanol–water partition coefficient (Wildman–Crippen LogP) is 0.856. The average molecular weight is 240 g/mol. The van der Waals surface area contributed by atoms with Gasteiger partial charge in [-0.3, -0.25) is 9.59 Å². The lowest BCUT2D eigenvalue weighted by Gasteiger charge is -2.15. The van der Waals surface area contributed by atoms with Gasteiger partial charge in [-0.2, -0.15) is 0 Å². The molecule has 1 aromatic heterocycles. The lowest BCUT2D eigenvalue weighted by molar-refractivity contribution is -0.140. The van der Waals surface area contributed by atoms with E-state index in [9.17, 15) is 14.0 Å². The third kappa shape index (κ3) is 3.82. The topological polar surface area (TPSA) is 59.5 Å². The van der Waals surface area contributed by atoms with E-state index in [2.05, 4.69) is 9.72 Å². The minimum Gasteiger partial charge on any atom is -0.469 e. The van der Waals surface area contributed by atoms with Gasteiger partial charge in [0.2, 0.25) is 0 Å². The number of carbonyl (C=O) groups excluding carboxylic acids is 2. The minimum absolute atomic E-state index is 0.111. The Balaban J connectivity index is 2.57. The molecule has 0 fully saturated rings. The Morgan fingerprint density at radius 1 is 1.47 bits per heavy atom. The number of pyridine rings is 1. The van der Waals surface area contributed by atoms with E-state index < -0.39 is 11.8 Å². The lowest BCUT2D eigenvalue weighted by atomic mass is 10.3. The summed E-state index contributed by atoms with van der Waals surface area (Å²) in [6.07, 6.45) is 1.08. The molecule has 0 aliphatic carbocycles. The van der Waals surface area contributed by atoms with Crippen LogP contribution in [-0.2, 0) is 9.53 Å². The van der Waals surface area contributed by atoms with Crippen molar-refractivity contribution in [3.8, 4) is 0 Å². The van der Waals surface area contributed by atoms with Crippen molar-refractivity contribution in [2.24, 2.45) is 0 Å². The zero-order chi connectivity index (χ0) is 12.8. The van der Waals surface area contributed by atoms with Crippen LogP contribution in [-0.4, -0.2) is 42.5 Å².